The molecule has 3 aromatic rings. The zero-order chi connectivity index (χ0) is 31.1. The lowest BCUT2D eigenvalue weighted by molar-refractivity contribution is -0.117. The minimum absolute atomic E-state index is 0.140. The third-order valence-electron chi connectivity index (χ3n) is 9.33. The Morgan fingerprint density at radius 1 is 1.09 bits per heavy atom. The van der Waals surface area contributed by atoms with Crippen molar-refractivity contribution in [1.29, 1.82) is 0 Å². The van der Waals surface area contributed by atoms with E-state index >= 15 is 0 Å². The lowest BCUT2D eigenvalue weighted by Gasteiger charge is -2.39. The number of rotatable bonds is 6. The standard InChI is InChI=1S/C33H40N8O4/c1-22-6-4-3-5-9-38-10-12-40(33(44)29(38)14-22)31-27(19-42)26(7-8-34-31)23-15-28(32(43)37(2)17-23)35-30-16-24-18-39(25-20-45-21-25)11-13-41(24)36-30/h7-8,14-17,25,42H,1,3-6,9-13,18-21H2,2H3,(H,35,36)/b29-14-. The molecule has 0 spiro atoms. The molecule has 2 fully saturated rings. The van der Waals surface area contributed by atoms with Crippen molar-refractivity contribution < 1.29 is 14.6 Å². The first-order valence-electron chi connectivity index (χ1n) is 15.8. The van der Waals surface area contributed by atoms with Crippen LogP contribution in [0, 0.1) is 0 Å². The molecule has 3 aromatic heterocycles. The van der Waals surface area contributed by atoms with Crippen LogP contribution in [0.4, 0.5) is 17.3 Å². The molecule has 0 aliphatic carbocycles. The molecule has 7 heterocycles. The molecule has 2 N–H and O–H groups in total. The number of nitrogens with zero attached hydrogens (tertiary/aromatic N) is 7. The second-order valence-corrected chi connectivity index (χ2v) is 12.4. The van der Waals surface area contributed by atoms with Gasteiger partial charge in [-0.25, -0.2) is 4.98 Å². The van der Waals surface area contributed by atoms with Gasteiger partial charge in [0.1, 0.15) is 17.2 Å². The highest BCUT2D eigenvalue weighted by Gasteiger charge is 2.33. The summed E-state index contributed by atoms with van der Waals surface area (Å²) in [6.07, 6.45) is 9.40. The van der Waals surface area contributed by atoms with Gasteiger partial charge >= 0.3 is 0 Å². The van der Waals surface area contributed by atoms with Crippen molar-refractivity contribution in [3.05, 3.63) is 76.1 Å². The Morgan fingerprint density at radius 2 is 1.96 bits per heavy atom. The summed E-state index contributed by atoms with van der Waals surface area (Å²) < 4.78 is 8.88. The summed E-state index contributed by atoms with van der Waals surface area (Å²) in [6.45, 7) is 9.86. The number of carbonyl (C=O) groups is 1. The number of hydrogen-bond donors (Lipinski definition) is 2. The molecule has 4 aliphatic rings. The minimum Gasteiger partial charge on any atom is -0.392 e. The van der Waals surface area contributed by atoms with E-state index in [1.54, 1.807) is 30.4 Å². The third kappa shape index (κ3) is 5.69. The summed E-state index contributed by atoms with van der Waals surface area (Å²) in [5.74, 6) is 0.897. The molecule has 0 radical (unpaired) electrons. The van der Waals surface area contributed by atoms with Gasteiger partial charge in [0, 0.05) is 69.4 Å². The van der Waals surface area contributed by atoms with Crippen molar-refractivity contribution >= 4 is 23.2 Å². The van der Waals surface area contributed by atoms with E-state index in [9.17, 15) is 14.7 Å². The molecule has 0 atom stereocenters. The van der Waals surface area contributed by atoms with E-state index in [1.807, 2.05) is 22.9 Å². The maximum absolute atomic E-state index is 13.9. The number of hydrogen-bond acceptors (Lipinski definition) is 9. The molecule has 0 aromatic carbocycles. The van der Waals surface area contributed by atoms with E-state index in [1.165, 1.54) is 4.57 Å². The number of pyridine rings is 2. The quantitative estimate of drug-likeness (QED) is 0.433. The summed E-state index contributed by atoms with van der Waals surface area (Å²) in [6, 6.07) is 6.04. The Kier molecular flexibility index (Phi) is 8.03. The zero-order valence-corrected chi connectivity index (χ0v) is 25.7. The lowest BCUT2D eigenvalue weighted by Crippen LogP contribution is -2.51. The smallest absolute Gasteiger partial charge is 0.275 e. The molecule has 0 saturated carbocycles. The van der Waals surface area contributed by atoms with Crippen LogP contribution in [0.25, 0.3) is 11.1 Å². The number of allylic oxidation sites excluding steroid dienone is 2. The van der Waals surface area contributed by atoms with E-state index in [0.717, 1.165) is 76.3 Å². The number of nitrogens with one attached hydrogen (secondary N) is 1. The third-order valence-corrected chi connectivity index (χ3v) is 9.33. The molecular formula is C33H40N8O4. The molecule has 236 valence electrons. The summed E-state index contributed by atoms with van der Waals surface area (Å²) in [4.78, 5) is 38.0. The van der Waals surface area contributed by atoms with Gasteiger partial charge in [0.25, 0.3) is 11.5 Å². The number of fused-ring (bicyclic) bond motifs is 2. The van der Waals surface area contributed by atoms with Crippen LogP contribution >= 0.6 is 0 Å². The lowest BCUT2D eigenvalue weighted by atomic mass is 10.0. The highest BCUT2D eigenvalue weighted by molar-refractivity contribution is 6.06. The summed E-state index contributed by atoms with van der Waals surface area (Å²) >= 11 is 0. The Bertz CT molecular complexity index is 1720. The topological polar surface area (TPSA) is 121 Å². The predicted octanol–water partition coefficient (Wildman–Crippen LogP) is 2.76. The SMILES string of the molecule is C=C1/C=C2/C(=O)N(c3nccc(-c4cc(Nc5cc6n(n5)CCN(C5COC5)C6)c(=O)n(C)c4)c3CO)CCN2CCCCC1. The number of ether oxygens (including phenoxy) is 1. The molecule has 4 aliphatic heterocycles. The van der Waals surface area contributed by atoms with Gasteiger partial charge in [-0.2, -0.15) is 5.10 Å². The van der Waals surface area contributed by atoms with E-state index in [4.69, 9.17) is 9.84 Å². The van der Waals surface area contributed by atoms with Crippen molar-refractivity contribution in [2.45, 2.75) is 51.4 Å². The maximum atomic E-state index is 13.9. The summed E-state index contributed by atoms with van der Waals surface area (Å²) in [5.41, 5.74) is 4.79. The molecule has 0 bridgehead atoms. The largest absolute Gasteiger partial charge is 0.392 e. The highest BCUT2D eigenvalue weighted by atomic mass is 16.5. The minimum atomic E-state index is -0.320. The number of aromatic nitrogens is 4. The van der Waals surface area contributed by atoms with Gasteiger partial charge in [-0.3, -0.25) is 24.1 Å². The number of anilines is 3. The van der Waals surface area contributed by atoms with Gasteiger partial charge < -0.3 is 24.6 Å². The molecule has 12 nitrogen and oxygen atoms in total. The van der Waals surface area contributed by atoms with Crippen LogP contribution in [0.2, 0.25) is 0 Å². The monoisotopic (exact) mass is 612 g/mol. The Hall–Kier alpha value is -4.26. The van der Waals surface area contributed by atoms with Crippen LogP contribution in [-0.2, 0) is 36.3 Å². The first kappa shape index (κ1) is 29.5. The Balaban J connectivity index is 1.18. The molecular weight excluding hydrogens is 572 g/mol. The maximum Gasteiger partial charge on any atom is 0.275 e. The first-order chi connectivity index (χ1) is 21.9. The number of carbonyl (C=O) groups excluding carboxylic acids is 1. The van der Waals surface area contributed by atoms with Gasteiger partial charge in [0.15, 0.2) is 5.82 Å². The average molecular weight is 613 g/mol. The van der Waals surface area contributed by atoms with Crippen LogP contribution in [0.15, 0.2) is 59.3 Å². The number of piperazine rings is 1. The van der Waals surface area contributed by atoms with Crippen LogP contribution in [0.1, 0.15) is 36.9 Å². The first-order valence-corrected chi connectivity index (χ1v) is 15.8. The van der Waals surface area contributed by atoms with E-state index in [0.29, 0.717) is 58.8 Å². The van der Waals surface area contributed by atoms with Crippen molar-refractivity contribution in [2.24, 2.45) is 7.05 Å². The number of amides is 1. The van der Waals surface area contributed by atoms with E-state index in [2.05, 4.69) is 26.7 Å². The van der Waals surface area contributed by atoms with Crippen LogP contribution in [0.5, 0.6) is 0 Å². The average Bonchev–Trinajstić information content (AvgIpc) is 3.44. The molecule has 7 rings (SSSR count). The van der Waals surface area contributed by atoms with Crippen LogP contribution < -0.4 is 15.8 Å². The Morgan fingerprint density at radius 3 is 2.76 bits per heavy atom. The van der Waals surface area contributed by atoms with E-state index < -0.39 is 0 Å². The zero-order valence-electron chi connectivity index (χ0n) is 25.7. The van der Waals surface area contributed by atoms with Gasteiger partial charge in [-0.15, -0.1) is 0 Å². The van der Waals surface area contributed by atoms with Crippen LogP contribution in [-0.4, -0.2) is 85.6 Å². The molecule has 1 amide bonds. The summed E-state index contributed by atoms with van der Waals surface area (Å²) in [5, 5.41) is 18.6. The molecule has 2 saturated heterocycles. The van der Waals surface area contributed by atoms with Gasteiger partial charge in [-0.05, 0) is 43.0 Å². The Labute approximate surface area is 262 Å². The number of aliphatic hydroxyl groups is 1. The van der Waals surface area contributed by atoms with Gasteiger partial charge in [0.05, 0.1) is 38.1 Å². The molecule has 0 unspecified atom stereocenters. The predicted molar refractivity (Wildman–Crippen MR) is 171 cm³/mol. The normalized spacial score (nSPS) is 20.8. The summed E-state index contributed by atoms with van der Waals surface area (Å²) in [7, 11) is 1.70. The number of aryl methyl sites for hydroxylation is 1. The van der Waals surface area contributed by atoms with Crippen molar-refractivity contribution in [2.75, 3.05) is 49.6 Å². The molecule has 45 heavy (non-hydrogen) atoms. The van der Waals surface area contributed by atoms with Crippen molar-refractivity contribution in [1.82, 2.24) is 29.1 Å². The second-order valence-electron chi connectivity index (χ2n) is 12.4. The van der Waals surface area contributed by atoms with Crippen molar-refractivity contribution in [3.8, 4) is 11.1 Å². The van der Waals surface area contributed by atoms with E-state index in [-0.39, 0.29) is 18.1 Å². The fourth-order valence-electron chi connectivity index (χ4n) is 6.72. The fraction of sp³-hybridized carbons (Fsp3) is 0.455. The highest BCUT2D eigenvalue weighted by Crippen LogP contribution is 2.34. The van der Waals surface area contributed by atoms with Crippen molar-refractivity contribution in [3.63, 3.8) is 0 Å². The fourth-order valence-corrected chi connectivity index (χ4v) is 6.72. The van der Waals surface area contributed by atoms with Gasteiger partial charge in [0.2, 0.25) is 0 Å². The molecule has 12 heteroatoms. The second kappa shape index (κ2) is 12.3. The van der Waals surface area contributed by atoms with Gasteiger partial charge in [-0.1, -0.05) is 18.6 Å². The number of aliphatic hydroxyl groups excluding tert-OH is 1. The van der Waals surface area contributed by atoms with Crippen LogP contribution in [0.3, 0.4) is 0 Å².